The lowest BCUT2D eigenvalue weighted by atomic mass is 9.61. The molecule has 1 saturated heterocycles. The van der Waals surface area contributed by atoms with Crippen LogP contribution in [0.2, 0.25) is 5.02 Å². The molecule has 1 heterocycles. The lowest BCUT2D eigenvalue weighted by Gasteiger charge is -2.46. The van der Waals surface area contributed by atoms with Crippen molar-refractivity contribution in [1.29, 1.82) is 0 Å². The minimum absolute atomic E-state index is 0.166. The number of rotatable bonds is 3. The number of hydrogen-bond acceptors (Lipinski definition) is 1. The van der Waals surface area contributed by atoms with Crippen LogP contribution in [0.15, 0.2) is 24.3 Å². The SMILES string of the molecule is [C-]#[N+]CC1(C(C)(C)C)CCN(Cc2cccc(Cl)c2)CC1. The van der Waals surface area contributed by atoms with Gasteiger partial charge in [-0.2, -0.15) is 0 Å². The first-order valence-corrected chi connectivity index (χ1v) is 8.04. The van der Waals surface area contributed by atoms with Crippen LogP contribution in [0, 0.1) is 17.4 Å². The molecular formula is C18H25ClN2. The zero-order chi connectivity index (χ0) is 15.5. The molecule has 2 rings (SSSR count). The summed E-state index contributed by atoms with van der Waals surface area (Å²) in [5, 5.41) is 0.807. The molecule has 0 N–H and O–H groups in total. The Kier molecular flexibility index (Phi) is 4.96. The van der Waals surface area contributed by atoms with Crippen molar-refractivity contribution in [3.63, 3.8) is 0 Å². The highest BCUT2D eigenvalue weighted by Gasteiger charge is 2.46. The van der Waals surface area contributed by atoms with Crippen LogP contribution in [-0.2, 0) is 6.54 Å². The molecule has 0 saturated carbocycles. The van der Waals surface area contributed by atoms with Crippen LogP contribution in [0.25, 0.3) is 4.85 Å². The molecule has 2 nitrogen and oxygen atoms in total. The number of nitrogens with zero attached hydrogens (tertiary/aromatic N) is 2. The van der Waals surface area contributed by atoms with Gasteiger partial charge in [-0.05, 0) is 49.0 Å². The van der Waals surface area contributed by atoms with E-state index in [0.29, 0.717) is 6.54 Å². The van der Waals surface area contributed by atoms with Crippen molar-refractivity contribution in [1.82, 2.24) is 4.90 Å². The van der Waals surface area contributed by atoms with E-state index in [4.69, 9.17) is 18.2 Å². The smallest absolute Gasteiger partial charge is 0.220 e. The van der Waals surface area contributed by atoms with Crippen molar-refractivity contribution >= 4 is 11.6 Å². The Labute approximate surface area is 133 Å². The van der Waals surface area contributed by atoms with Gasteiger partial charge in [-0.25, -0.2) is 6.57 Å². The number of hydrogen-bond donors (Lipinski definition) is 0. The maximum Gasteiger partial charge on any atom is 0.220 e. The van der Waals surface area contributed by atoms with Crippen LogP contribution in [0.1, 0.15) is 39.2 Å². The Balaban J connectivity index is 2.01. The Morgan fingerprint density at radius 3 is 2.48 bits per heavy atom. The summed E-state index contributed by atoms with van der Waals surface area (Å²) in [5.41, 5.74) is 1.63. The van der Waals surface area contributed by atoms with Gasteiger partial charge in [-0.15, -0.1) is 0 Å². The molecular weight excluding hydrogens is 280 g/mol. The van der Waals surface area contributed by atoms with E-state index in [-0.39, 0.29) is 10.8 Å². The highest BCUT2D eigenvalue weighted by atomic mass is 35.5. The summed E-state index contributed by atoms with van der Waals surface area (Å²) in [7, 11) is 0. The summed E-state index contributed by atoms with van der Waals surface area (Å²) >= 11 is 6.06. The van der Waals surface area contributed by atoms with Gasteiger partial charge in [0, 0.05) is 17.0 Å². The summed E-state index contributed by atoms with van der Waals surface area (Å²) in [4.78, 5) is 6.22. The summed E-state index contributed by atoms with van der Waals surface area (Å²) in [6, 6.07) is 8.12. The zero-order valence-electron chi connectivity index (χ0n) is 13.3. The van der Waals surface area contributed by atoms with E-state index < -0.39 is 0 Å². The summed E-state index contributed by atoms with van der Waals surface area (Å²) < 4.78 is 0. The van der Waals surface area contributed by atoms with Crippen molar-refractivity contribution in [2.45, 2.75) is 40.2 Å². The van der Waals surface area contributed by atoms with Crippen LogP contribution in [0.4, 0.5) is 0 Å². The Bertz CT molecular complexity index is 517. The van der Waals surface area contributed by atoms with Gasteiger partial charge < -0.3 is 4.85 Å². The standard InChI is InChI=1S/C18H25ClN2/c1-17(2,3)18(14-20-4)8-10-21(11-9-18)13-15-6-5-7-16(19)12-15/h5-7,12H,8-11,13-14H2,1-3H3. The van der Waals surface area contributed by atoms with Gasteiger partial charge in [0.05, 0.1) is 0 Å². The van der Waals surface area contributed by atoms with Gasteiger partial charge in [0.2, 0.25) is 6.54 Å². The van der Waals surface area contributed by atoms with Crippen LogP contribution < -0.4 is 0 Å². The number of benzene rings is 1. The predicted molar refractivity (Wildman–Crippen MR) is 89.3 cm³/mol. The van der Waals surface area contributed by atoms with E-state index in [1.165, 1.54) is 5.56 Å². The van der Waals surface area contributed by atoms with E-state index >= 15 is 0 Å². The maximum absolute atomic E-state index is 7.29. The molecule has 3 heteroatoms. The number of piperidine rings is 1. The predicted octanol–water partition coefficient (Wildman–Crippen LogP) is 4.89. The number of likely N-dealkylation sites (tertiary alicyclic amines) is 1. The van der Waals surface area contributed by atoms with Crippen LogP contribution >= 0.6 is 11.6 Å². The van der Waals surface area contributed by atoms with Gasteiger partial charge in [-0.3, -0.25) is 4.90 Å². The molecule has 0 spiro atoms. The third-order valence-electron chi connectivity index (χ3n) is 5.08. The molecule has 0 unspecified atom stereocenters. The average molecular weight is 305 g/mol. The molecule has 0 bridgehead atoms. The molecule has 1 aromatic carbocycles. The lowest BCUT2D eigenvalue weighted by molar-refractivity contribution is 0.0173. The van der Waals surface area contributed by atoms with Gasteiger partial charge in [-0.1, -0.05) is 44.5 Å². The summed E-state index contributed by atoms with van der Waals surface area (Å²) in [6.07, 6.45) is 2.22. The Morgan fingerprint density at radius 1 is 1.29 bits per heavy atom. The van der Waals surface area contributed by atoms with Crippen LogP contribution in [0.5, 0.6) is 0 Å². The van der Waals surface area contributed by atoms with Crippen molar-refractivity contribution in [3.8, 4) is 0 Å². The average Bonchev–Trinajstić information content (AvgIpc) is 2.40. The molecule has 1 fully saturated rings. The van der Waals surface area contributed by atoms with Crippen molar-refractivity contribution < 1.29 is 0 Å². The molecule has 0 amide bonds. The van der Waals surface area contributed by atoms with Gasteiger partial charge in [0.1, 0.15) is 0 Å². The first-order chi connectivity index (χ1) is 9.86. The molecule has 21 heavy (non-hydrogen) atoms. The van der Waals surface area contributed by atoms with Gasteiger partial charge in [0.15, 0.2) is 0 Å². The molecule has 0 aromatic heterocycles. The van der Waals surface area contributed by atoms with Crippen LogP contribution in [-0.4, -0.2) is 24.5 Å². The monoisotopic (exact) mass is 304 g/mol. The molecule has 114 valence electrons. The second-order valence-corrected chi connectivity index (χ2v) is 7.69. The second kappa shape index (κ2) is 6.38. The summed E-state index contributed by atoms with van der Waals surface area (Å²) in [6.45, 7) is 17.9. The highest BCUT2D eigenvalue weighted by Crippen LogP contribution is 2.47. The molecule has 1 aromatic rings. The minimum Gasteiger partial charge on any atom is -0.316 e. The molecule has 0 radical (unpaired) electrons. The van der Waals surface area contributed by atoms with E-state index in [1.54, 1.807) is 0 Å². The lowest BCUT2D eigenvalue weighted by Crippen LogP contribution is -2.47. The van der Waals surface area contributed by atoms with Gasteiger partial charge >= 0.3 is 0 Å². The highest BCUT2D eigenvalue weighted by molar-refractivity contribution is 6.30. The Morgan fingerprint density at radius 2 is 1.95 bits per heavy atom. The largest absolute Gasteiger partial charge is 0.316 e. The topological polar surface area (TPSA) is 7.60 Å². The molecule has 0 atom stereocenters. The summed E-state index contributed by atoms with van der Waals surface area (Å²) in [5.74, 6) is 0. The van der Waals surface area contributed by atoms with E-state index in [0.717, 1.165) is 37.5 Å². The molecule has 1 aliphatic rings. The van der Waals surface area contributed by atoms with Crippen molar-refractivity contribution in [2.75, 3.05) is 19.6 Å². The third-order valence-corrected chi connectivity index (χ3v) is 5.32. The normalized spacial score (nSPS) is 19.2. The van der Waals surface area contributed by atoms with E-state index in [2.05, 4.69) is 36.6 Å². The Hall–Kier alpha value is -1.04. The van der Waals surface area contributed by atoms with Crippen molar-refractivity contribution in [2.24, 2.45) is 10.8 Å². The second-order valence-electron chi connectivity index (χ2n) is 7.25. The minimum atomic E-state index is 0.166. The van der Waals surface area contributed by atoms with E-state index in [1.807, 2.05) is 18.2 Å². The zero-order valence-corrected chi connectivity index (χ0v) is 14.1. The number of halogens is 1. The molecule has 0 aliphatic carbocycles. The third kappa shape index (κ3) is 3.78. The first kappa shape index (κ1) is 16.3. The fourth-order valence-corrected chi connectivity index (χ4v) is 3.54. The van der Waals surface area contributed by atoms with E-state index in [9.17, 15) is 0 Å². The fraction of sp³-hybridized carbons (Fsp3) is 0.611. The fourth-order valence-electron chi connectivity index (χ4n) is 3.33. The van der Waals surface area contributed by atoms with Crippen LogP contribution in [0.3, 0.4) is 0 Å². The quantitative estimate of drug-likeness (QED) is 0.722. The van der Waals surface area contributed by atoms with Gasteiger partial charge in [0.25, 0.3) is 0 Å². The first-order valence-electron chi connectivity index (χ1n) is 7.66. The molecule has 1 aliphatic heterocycles. The maximum atomic E-state index is 7.29. The van der Waals surface area contributed by atoms with Crippen molar-refractivity contribution in [3.05, 3.63) is 46.3 Å².